The zero-order valence-electron chi connectivity index (χ0n) is 8.98. The predicted molar refractivity (Wildman–Crippen MR) is 55.0 cm³/mol. The lowest BCUT2D eigenvalue weighted by atomic mass is 10.0. The maximum Gasteiger partial charge on any atom is 0.695 e. The molecular weight excluding hydrogens is 251 g/mol. The lowest BCUT2D eigenvalue weighted by Crippen LogP contribution is -2.49. The van der Waals surface area contributed by atoms with E-state index in [0.29, 0.717) is 0 Å². The van der Waals surface area contributed by atoms with Gasteiger partial charge in [-0.1, -0.05) is 0 Å². The van der Waals surface area contributed by atoms with Gasteiger partial charge in [-0.25, -0.2) is 0 Å². The summed E-state index contributed by atoms with van der Waals surface area (Å²) in [6.07, 6.45) is -0.795. The maximum absolute atomic E-state index is 11.6. The summed E-state index contributed by atoms with van der Waals surface area (Å²) in [6, 6.07) is -0.468. The summed E-state index contributed by atoms with van der Waals surface area (Å²) in [5.74, 6) is -0.296. The Hall–Kier alpha value is -0.630. The van der Waals surface area contributed by atoms with Gasteiger partial charge in [0.25, 0.3) is 0 Å². The fraction of sp³-hybridized carbons (Fsp3) is 0.875. The number of aliphatic hydroxyl groups is 1. The van der Waals surface area contributed by atoms with Crippen LogP contribution in [0.3, 0.4) is 0 Å². The lowest BCUT2D eigenvalue weighted by molar-refractivity contribution is -0.139. The molecule has 2 aliphatic rings. The highest BCUT2D eigenvalue weighted by Crippen LogP contribution is 2.42. The van der Waals surface area contributed by atoms with Crippen molar-refractivity contribution < 1.29 is 28.6 Å². The number of hydrogen-bond donors (Lipinski definition) is 3. The van der Waals surface area contributed by atoms with Crippen molar-refractivity contribution in [1.29, 1.82) is 0 Å². The molecule has 9 heteroatoms. The van der Waals surface area contributed by atoms with Crippen LogP contribution in [0.25, 0.3) is 0 Å². The third-order valence-electron chi connectivity index (χ3n) is 3.21. The Morgan fingerprint density at radius 2 is 2.41 bits per heavy atom. The summed E-state index contributed by atoms with van der Waals surface area (Å²) in [6.45, 7) is -0.250. The van der Waals surface area contributed by atoms with Gasteiger partial charge in [0, 0.05) is 4.57 Å². The van der Waals surface area contributed by atoms with Crippen LogP contribution in [0.1, 0.15) is 0 Å². The first kappa shape index (κ1) is 12.8. The molecule has 96 valence electrons. The number of fused-ring (bicyclic) bond motifs is 2. The Balaban J connectivity index is 2.21. The van der Waals surface area contributed by atoms with E-state index < -0.39 is 26.0 Å². The van der Waals surface area contributed by atoms with Crippen LogP contribution < -0.4 is 5.73 Å². The van der Waals surface area contributed by atoms with Gasteiger partial charge in [-0.15, -0.1) is 9.42 Å². The van der Waals surface area contributed by atoms with Gasteiger partial charge in [0.2, 0.25) is 5.91 Å². The summed E-state index contributed by atoms with van der Waals surface area (Å²) in [4.78, 5) is 21.8. The molecule has 0 aromatic carbocycles. The van der Waals surface area contributed by atoms with Crippen LogP contribution in [0.5, 0.6) is 0 Å². The number of nitrogens with two attached hydrogens (primary N) is 1. The monoisotopic (exact) mass is 265 g/mol. The van der Waals surface area contributed by atoms with Gasteiger partial charge >= 0.3 is 8.25 Å². The zero-order valence-corrected chi connectivity index (χ0v) is 9.88. The Labute approximate surface area is 98.2 Å². The number of hydrogen-bond acceptors (Lipinski definition) is 6. The normalized spacial score (nSPS) is 36.4. The van der Waals surface area contributed by atoms with Crippen LogP contribution in [0.15, 0.2) is 0 Å². The van der Waals surface area contributed by atoms with Gasteiger partial charge in [-0.3, -0.25) is 4.79 Å². The SMILES string of the molecule is NCC(=O)N1C[C@]2(CO)OCC1C2O[P+](=O)O. The quantitative estimate of drug-likeness (QED) is 0.500. The summed E-state index contributed by atoms with van der Waals surface area (Å²) < 4.78 is 21.0. The van der Waals surface area contributed by atoms with Crippen LogP contribution in [0, 0.1) is 0 Å². The molecular formula is C8H14N2O6P+. The highest BCUT2D eigenvalue weighted by atomic mass is 31.1. The van der Waals surface area contributed by atoms with E-state index in [4.69, 9.17) is 19.9 Å². The number of amides is 1. The maximum atomic E-state index is 11.6. The first-order chi connectivity index (χ1) is 8.04. The second kappa shape index (κ2) is 4.56. The van der Waals surface area contributed by atoms with Crippen molar-refractivity contribution in [1.82, 2.24) is 4.90 Å². The molecule has 4 N–H and O–H groups in total. The molecule has 2 saturated heterocycles. The van der Waals surface area contributed by atoms with Crippen LogP contribution in [-0.4, -0.2) is 64.9 Å². The van der Waals surface area contributed by atoms with E-state index in [1.54, 1.807) is 0 Å². The highest BCUT2D eigenvalue weighted by Gasteiger charge is 2.64. The number of aliphatic hydroxyl groups excluding tert-OH is 1. The fourth-order valence-corrected chi connectivity index (χ4v) is 2.93. The molecule has 17 heavy (non-hydrogen) atoms. The largest absolute Gasteiger partial charge is 0.695 e. The number of morpholine rings is 1. The fourth-order valence-electron chi connectivity index (χ4n) is 2.41. The summed E-state index contributed by atoms with van der Waals surface area (Å²) >= 11 is 0. The zero-order chi connectivity index (χ0) is 12.6. The predicted octanol–water partition coefficient (Wildman–Crippen LogP) is -2.05. The van der Waals surface area contributed by atoms with Crippen LogP contribution in [-0.2, 0) is 18.6 Å². The van der Waals surface area contributed by atoms with Gasteiger partial charge in [-0.05, 0) is 0 Å². The Kier molecular flexibility index (Phi) is 3.44. The number of likely N-dealkylation sites (tertiary alicyclic amines) is 1. The molecule has 0 aromatic rings. The van der Waals surface area contributed by atoms with Crippen molar-refractivity contribution in [3.63, 3.8) is 0 Å². The second-order valence-corrected chi connectivity index (χ2v) is 4.78. The molecule has 2 aliphatic heterocycles. The molecule has 3 unspecified atom stereocenters. The number of ether oxygens (including phenoxy) is 1. The average Bonchev–Trinajstić information content (AvgIpc) is 2.80. The first-order valence-corrected chi connectivity index (χ1v) is 6.24. The third-order valence-corrected chi connectivity index (χ3v) is 3.62. The molecule has 0 aromatic heterocycles. The minimum Gasteiger partial charge on any atom is -0.393 e. The van der Waals surface area contributed by atoms with Crippen molar-refractivity contribution in [2.75, 3.05) is 26.3 Å². The van der Waals surface area contributed by atoms with E-state index in [1.165, 1.54) is 4.90 Å². The van der Waals surface area contributed by atoms with Crippen LogP contribution >= 0.6 is 8.25 Å². The van der Waals surface area contributed by atoms with Crippen molar-refractivity contribution in [2.45, 2.75) is 17.7 Å². The Bertz CT molecular complexity index is 353. The van der Waals surface area contributed by atoms with E-state index in [1.807, 2.05) is 0 Å². The number of carbonyl (C=O) groups excluding carboxylic acids is 1. The smallest absolute Gasteiger partial charge is 0.393 e. The van der Waals surface area contributed by atoms with E-state index in [-0.39, 0.29) is 32.2 Å². The van der Waals surface area contributed by atoms with Crippen LogP contribution in [0.4, 0.5) is 0 Å². The number of nitrogens with zero attached hydrogens (tertiary/aromatic N) is 1. The number of rotatable bonds is 4. The molecule has 2 heterocycles. The molecule has 0 radical (unpaired) electrons. The van der Waals surface area contributed by atoms with E-state index in [0.717, 1.165) is 0 Å². The summed E-state index contributed by atoms with van der Waals surface area (Å²) in [7, 11) is -2.82. The van der Waals surface area contributed by atoms with Crippen molar-refractivity contribution in [3.05, 3.63) is 0 Å². The standard InChI is InChI=1S/C8H13N2O6P/c9-1-6(12)10-3-8(4-11)7(16-17(13)14)5(10)2-15-8/h5,7,11H,1-4,9H2/p+1/t5?,7?,8-/m1/s1. The Morgan fingerprint density at radius 1 is 1.71 bits per heavy atom. The topological polar surface area (TPSA) is 122 Å². The third kappa shape index (κ3) is 1.97. The molecule has 8 nitrogen and oxygen atoms in total. The highest BCUT2D eigenvalue weighted by molar-refractivity contribution is 7.32. The van der Waals surface area contributed by atoms with Crippen molar-refractivity contribution in [3.8, 4) is 0 Å². The molecule has 0 saturated carbocycles. The van der Waals surface area contributed by atoms with E-state index >= 15 is 0 Å². The first-order valence-electron chi connectivity index (χ1n) is 5.11. The van der Waals surface area contributed by atoms with E-state index in [9.17, 15) is 14.5 Å². The van der Waals surface area contributed by atoms with Crippen molar-refractivity contribution in [2.24, 2.45) is 5.73 Å². The summed E-state index contributed by atoms with van der Waals surface area (Å²) in [5, 5.41) is 9.35. The molecule has 2 bridgehead atoms. The van der Waals surface area contributed by atoms with Gasteiger partial charge in [0.05, 0.1) is 32.3 Å². The minimum absolute atomic E-state index is 0.123. The molecule has 1 amide bonds. The van der Waals surface area contributed by atoms with Gasteiger partial charge < -0.3 is 20.5 Å². The lowest BCUT2D eigenvalue weighted by Gasteiger charge is -2.30. The molecule has 0 spiro atoms. The number of carbonyl (C=O) groups is 1. The van der Waals surface area contributed by atoms with Gasteiger partial charge in [-0.2, -0.15) is 0 Å². The van der Waals surface area contributed by atoms with Crippen molar-refractivity contribution >= 4 is 14.2 Å². The Morgan fingerprint density at radius 3 is 2.94 bits per heavy atom. The second-order valence-electron chi connectivity index (χ2n) is 4.09. The van der Waals surface area contributed by atoms with Gasteiger partial charge in [0.1, 0.15) is 5.60 Å². The summed E-state index contributed by atoms with van der Waals surface area (Å²) in [5.41, 5.74) is 4.16. The molecule has 2 rings (SSSR count). The average molecular weight is 265 g/mol. The van der Waals surface area contributed by atoms with Crippen LogP contribution in [0.2, 0.25) is 0 Å². The molecule has 0 aliphatic carbocycles. The molecule has 4 atom stereocenters. The molecule has 2 fully saturated rings. The minimum atomic E-state index is -2.82. The van der Waals surface area contributed by atoms with E-state index in [2.05, 4.69) is 0 Å². The van der Waals surface area contributed by atoms with Gasteiger partial charge in [0.15, 0.2) is 6.10 Å².